The zero-order valence-corrected chi connectivity index (χ0v) is 12.0. The molecule has 5 nitrogen and oxygen atoms in total. The minimum absolute atomic E-state index is 0.712. The molecule has 0 unspecified atom stereocenters. The van der Waals surface area contributed by atoms with Crippen molar-refractivity contribution < 1.29 is 9.47 Å². The Morgan fingerprint density at radius 2 is 1.95 bits per heavy atom. The molecule has 1 aromatic heterocycles. The maximum Gasteiger partial charge on any atom is 0.161 e. The van der Waals surface area contributed by atoms with Gasteiger partial charge in [0.05, 0.1) is 26.1 Å². The Morgan fingerprint density at radius 3 is 2.65 bits per heavy atom. The molecule has 0 atom stereocenters. The number of imidazole rings is 1. The Hall–Kier alpha value is -2.01. The molecule has 0 amide bonds. The lowest BCUT2D eigenvalue weighted by molar-refractivity contribution is 0.355. The van der Waals surface area contributed by atoms with Gasteiger partial charge in [-0.1, -0.05) is 0 Å². The van der Waals surface area contributed by atoms with E-state index >= 15 is 0 Å². The smallest absolute Gasteiger partial charge is 0.161 e. The largest absolute Gasteiger partial charge is 0.493 e. The number of aryl methyl sites for hydroxylation is 1. The number of nitrogens with one attached hydrogen (secondary N) is 1. The van der Waals surface area contributed by atoms with Crippen molar-refractivity contribution in [1.82, 2.24) is 9.97 Å². The minimum Gasteiger partial charge on any atom is -0.493 e. The lowest BCUT2D eigenvalue weighted by atomic mass is 10.1. The van der Waals surface area contributed by atoms with Crippen LogP contribution in [0.5, 0.6) is 11.5 Å². The highest BCUT2D eigenvalue weighted by Crippen LogP contribution is 2.31. The Balaban J connectivity index is 2.15. The van der Waals surface area contributed by atoms with Gasteiger partial charge in [0.2, 0.25) is 0 Å². The third-order valence-electron chi connectivity index (χ3n) is 3.19. The van der Waals surface area contributed by atoms with Crippen LogP contribution in [-0.2, 0) is 6.42 Å². The van der Waals surface area contributed by atoms with Gasteiger partial charge in [0.1, 0.15) is 5.82 Å². The number of hydrogen-bond acceptors (Lipinski definition) is 4. The second kappa shape index (κ2) is 6.96. The number of methoxy groups -OCH3 is 2. The normalized spacial score (nSPS) is 10.6. The number of ether oxygens (including phenoxy) is 2. The highest BCUT2D eigenvalue weighted by Gasteiger charge is 2.08. The summed E-state index contributed by atoms with van der Waals surface area (Å²) in [6.45, 7) is 0.725. The standard InChI is InChI=1S/C15H21N3O2/c1-19-13-7-6-11(9-14(13)20-2)12-10-17-15(18-12)5-3-4-8-16/h6-7,9-10H,3-5,8,16H2,1-2H3,(H,17,18). The van der Waals surface area contributed by atoms with Crippen molar-refractivity contribution in [2.24, 2.45) is 5.73 Å². The second-order valence-electron chi connectivity index (χ2n) is 4.56. The Labute approximate surface area is 119 Å². The molecule has 20 heavy (non-hydrogen) atoms. The first-order chi connectivity index (χ1) is 9.78. The second-order valence-corrected chi connectivity index (χ2v) is 4.56. The van der Waals surface area contributed by atoms with E-state index in [1.807, 2.05) is 24.4 Å². The van der Waals surface area contributed by atoms with Gasteiger partial charge in [-0.2, -0.15) is 0 Å². The van der Waals surface area contributed by atoms with Crippen molar-refractivity contribution in [2.45, 2.75) is 19.3 Å². The first kappa shape index (κ1) is 14.4. The number of aromatic amines is 1. The molecule has 0 saturated heterocycles. The molecular formula is C15H21N3O2. The Kier molecular flexibility index (Phi) is 5.01. The molecule has 108 valence electrons. The molecule has 0 fully saturated rings. The van der Waals surface area contributed by atoms with E-state index in [9.17, 15) is 0 Å². The number of rotatable bonds is 7. The van der Waals surface area contributed by atoms with Gasteiger partial charge in [0.25, 0.3) is 0 Å². The summed E-state index contributed by atoms with van der Waals surface area (Å²) >= 11 is 0. The Bertz CT molecular complexity index is 552. The highest BCUT2D eigenvalue weighted by molar-refractivity contribution is 5.63. The number of unbranched alkanes of at least 4 members (excludes halogenated alkanes) is 1. The summed E-state index contributed by atoms with van der Waals surface area (Å²) in [6.07, 6.45) is 4.84. The van der Waals surface area contributed by atoms with E-state index in [1.165, 1.54) is 0 Å². The van der Waals surface area contributed by atoms with E-state index in [2.05, 4.69) is 9.97 Å². The zero-order chi connectivity index (χ0) is 14.4. The van der Waals surface area contributed by atoms with E-state index < -0.39 is 0 Å². The van der Waals surface area contributed by atoms with E-state index in [0.29, 0.717) is 5.75 Å². The molecule has 3 N–H and O–H groups in total. The van der Waals surface area contributed by atoms with Gasteiger partial charge in [-0.15, -0.1) is 0 Å². The summed E-state index contributed by atoms with van der Waals surface area (Å²) in [4.78, 5) is 7.72. The zero-order valence-electron chi connectivity index (χ0n) is 12.0. The van der Waals surface area contributed by atoms with Gasteiger partial charge in [0, 0.05) is 12.0 Å². The fraction of sp³-hybridized carbons (Fsp3) is 0.400. The van der Waals surface area contributed by atoms with Crippen LogP contribution in [0.25, 0.3) is 11.3 Å². The molecule has 0 aliphatic heterocycles. The predicted octanol–water partition coefficient (Wildman–Crippen LogP) is 2.38. The SMILES string of the molecule is COc1ccc(-c2cnc(CCCCN)[nH]2)cc1OC. The minimum atomic E-state index is 0.712. The van der Waals surface area contributed by atoms with E-state index in [-0.39, 0.29) is 0 Å². The highest BCUT2D eigenvalue weighted by atomic mass is 16.5. The van der Waals surface area contributed by atoms with Crippen molar-refractivity contribution >= 4 is 0 Å². The van der Waals surface area contributed by atoms with Crippen molar-refractivity contribution in [1.29, 1.82) is 0 Å². The summed E-state index contributed by atoms with van der Waals surface area (Å²) < 4.78 is 10.5. The average molecular weight is 275 g/mol. The molecular weight excluding hydrogens is 254 g/mol. The number of nitrogens with zero attached hydrogens (tertiary/aromatic N) is 1. The summed E-state index contributed by atoms with van der Waals surface area (Å²) in [5.74, 6) is 2.42. The van der Waals surface area contributed by atoms with Gasteiger partial charge < -0.3 is 20.2 Å². The molecule has 0 spiro atoms. The fourth-order valence-corrected chi connectivity index (χ4v) is 2.08. The topological polar surface area (TPSA) is 73.2 Å². The molecule has 1 aromatic carbocycles. The van der Waals surface area contributed by atoms with Crippen LogP contribution in [-0.4, -0.2) is 30.7 Å². The van der Waals surface area contributed by atoms with Crippen LogP contribution in [0.1, 0.15) is 18.7 Å². The lowest BCUT2D eigenvalue weighted by Gasteiger charge is -2.08. The number of H-pyrrole nitrogens is 1. The molecule has 2 aromatic rings. The van der Waals surface area contributed by atoms with Crippen LogP contribution in [0.4, 0.5) is 0 Å². The number of nitrogens with two attached hydrogens (primary N) is 1. The first-order valence-corrected chi connectivity index (χ1v) is 6.75. The summed E-state index contributed by atoms with van der Waals surface area (Å²) in [6, 6.07) is 5.82. The summed E-state index contributed by atoms with van der Waals surface area (Å²) in [5.41, 5.74) is 7.50. The monoisotopic (exact) mass is 275 g/mol. The van der Waals surface area contributed by atoms with Crippen molar-refractivity contribution in [3.63, 3.8) is 0 Å². The summed E-state index contributed by atoms with van der Waals surface area (Å²) in [7, 11) is 3.26. The molecule has 0 saturated carbocycles. The van der Waals surface area contributed by atoms with Gasteiger partial charge in [-0.25, -0.2) is 4.98 Å². The molecule has 1 heterocycles. The van der Waals surface area contributed by atoms with Crippen LogP contribution >= 0.6 is 0 Å². The third kappa shape index (κ3) is 3.30. The Morgan fingerprint density at radius 1 is 1.15 bits per heavy atom. The van der Waals surface area contributed by atoms with E-state index in [0.717, 1.165) is 48.6 Å². The van der Waals surface area contributed by atoms with E-state index in [4.69, 9.17) is 15.2 Å². The van der Waals surface area contributed by atoms with Gasteiger partial charge in [0.15, 0.2) is 11.5 Å². The first-order valence-electron chi connectivity index (χ1n) is 6.75. The van der Waals surface area contributed by atoms with Crippen LogP contribution < -0.4 is 15.2 Å². The van der Waals surface area contributed by atoms with Gasteiger partial charge >= 0.3 is 0 Å². The fourth-order valence-electron chi connectivity index (χ4n) is 2.08. The number of hydrogen-bond donors (Lipinski definition) is 2. The molecule has 0 bridgehead atoms. The third-order valence-corrected chi connectivity index (χ3v) is 3.19. The molecule has 0 aliphatic rings. The van der Waals surface area contributed by atoms with Crippen LogP contribution in [0.3, 0.4) is 0 Å². The number of benzene rings is 1. The molecule has 2 rings (SSSR count). The molecule has 5 heteroatoms. The quantitative estimate of drug-likeness (QED) is 0.761. The van der Waals surface area contributed by atoms with E-state index in [1.54, 1.807) is 14.2 Å². The van der Waals surface area contributed by atoms with Crippen molar-refractivity contribution in [2.75, 3.05) is 20.8 Å². The van der Waals surface area contributed by atoms with Crippen molar-refractivity contribution in [3.05, 3.63) is 30.2 Å². The molecule has 0 aliphatic carbocycles. The number of aromatic nitrogens is 2. The molecule has 0 radical (unpaired) electrons. The maximum absolute atomic E-state index is 5.49. The van der Waals surface area contributed by atoms with Gasteiger partial charge in [-0.05, 0) is 37.6 Å². The lowest BCUT2D eigenvalue weighted by Crippen LogP contribution is -1.99. The van der Waals surface area contributed by atoms with Crippen LogP contribution in [0.15, 0.2) is 24.4 Å². The van der Waals surface area contributed by atoms with Crippen LogP contribution in [0.2, 0.25) is 0 Å². The summed E-state index contributed by atoms with van der Waals surface area (Å²) in [5, 5.41) is 0. The average Bonchev–Trinajstić information content (AvgIpc) is 2.95. The predicted molar refractivity (Wildman–Crippen MR) is 79.1 cm³/mol. The maximum atomic E-state index is 5.49. The van der Waals surface area contributed by atoms with Crippen LogP contribution in [0, 0.1) is 0 Å². The van der Waals surface area contributed by atoms with Crippen molar-refractivity contribution in [3.8, 4) is 22.8 Å². The van der Waals surface area contributed by atoms with Gasteiger partial charge in [-0.3, -0.25) is 0 Å².